The first kappa shape index (κ1) is 15.8. The average molecular weight is 265 g/mol. The molecule has 19 heavy (non-hydrogen) atoms. The summed E-state index contributed by atoms with van der Waals surface area (Å²) in [6.07, 6.45) is 14.4. The number of H-pyrrole nitrogens is 1. The van der Waals surface area contributed by atoms with Crippen molar-refractivity contribution in [3.05, 3.63) is 24.0 Å². The van der Waals surface area contributed by atoms with Gasteiger partial charge < -0.3 is 10.1 Å². The van der Waals surface area contributed by atoms with Gasteiger partial charge in [0.1, 0.15) is 0 Å². The number of aliphatic carboxylic acids is 1. The molecule has 108 valence electrons. The van der Waals surface area contributed by atoms with E-state index in [9.17, 15) is 4.79 Å². The summed E-state index contributed by atoms with van der Waals surface area (Å²) in [5.41, 5.74) is 1.35. The van der Waals surface area contributed by atoms with Crippen LogP contribution in [0.15, 0.2) is 18.3 Å². The van der Waals surface area contributed by atoms with Crippen LogP contribution in [0.5, 0.6) is 0 Å². The van der Waals surface area contributed by atoms with Crippen molar-refractivity contribution in [2.45, 2.75) is 70.6 Å². The second kappa shape index (κ2) is 10.7. The predicted molar refractivity (Wildman–Crippen MR) is 78.3 cm³/mol. The summed E-state index contributed by atoms with van der Waals surface area (Å²) < 4.78 is 0. The number of nitrogens with one attached hydrogen (secondary N) is 1. The van der Waals surface area contributed by atoms with E-state index in [2.05, 4.69) is 17.1 Å². The first-order chi connectivity index (χ1) is 9.29. The zero-order chi connectivity index (χ0) is 13.8. The molecule has 1 aromatic heterocycles. The molecule has 0 aromatic carbocycles. The first-order valence-corrected chi connectivity index (χ1v) is 7.63. The van der Waals surface area contributed by atoms with Crippen LogP contribution >= 0.6 is 0 Å². The lowest BCUT2D eigenvalue weighted by Gasteiger charge is -2.02. The van der Waals surface area contributed by atoms with Gasteiger partial charge in [0, 0.05) is 18.3 Å². The first-order valence-electron chi connectivity index (χ1n) is 7.63. The molecule has 3 heteroatoms. The highest BCUT2D eigenvalue weighted by molar-refractivity contribution is 5.66. The van der Waals surface area contributed by atoms with Crippen LogP contribution in [-0.4, -0.2) is 16.1 Å². The normalized spacial score (nSPS) is 10.7. The fraction of sp³-hybridized carbons (Fsp3) is 0.688. The van der Waals surface area contributed by atoms with Gasteiger partial charge >= 0.3 is 5.97 Å². The Kier molecular flexibility index (Phi) is 8.86. The molecule has 0 amide bonds. The quantitative estimate of drug-likeness (QED) is 0.545. The number of hydrogen-bond donors (Lipinski definition) is 2. The van der Waals surface area contributed by atoms with Crippen molar-refractivity contribution in [2.75, 3.05) is 0 Å². The van der Waals surface area contributed by atoms with E-state index in [1.165, 1.54) is 57.1 Å². The third-order valence-electron chi connectivity index (χ3n) is 3.50. The van der Waals surface area contributed by atoms with Crippen molar-refractivity contribution in [1.82, 2.24) is 4.98 Å². The van der Waals surface area contributed by atoms with Crippen LogP contribution < -0.4 is 0 Å². The molecule has 0 saturated heterocycles. The van der Waals surface area contributed by atoms with Crippen LogP contribution in [0, 0.1) is 0 Å². The maximum Gasteiger partial charge on any atom is 0.303 e. The molecule has 0 aliphatic rings. The fourth-order valence-corrected chi connectivity index (χ4v) is 2.35. The van der Waals surface area contributed by atoms with E-state index in [1.54, 1.807) is 0 Å². The van der Waals surface area contributed by atoms with Crippen LogP contribution in [0.2, 0.25) is 0 Å². The zero-order valence-electron chi connectivity index (χ0n) is 11.9. The van der Waals surface area contributed by atoms with Crippen LogP contribution in [0.3, 0.4) is 0 Å². The van der Waals surface area contributed by atoms with E-state index in [1.807, 2.05) is 6.20 Å². The molecular weight excluding hydrogens is 238 g/mol. The van der Waals surface area contributed by atoms with Crippen LogP contribution in [0.4, 0.5) is 0 Å². The summed E-state index contributed by atoms with van der Waals surface area (Å²) in [6, 6.07) is 4.21. The van der Waals surface area contributed by atoms with Crippen LogP contribution in [-0.2, 0) is 11.2 Å². The molecule has 2 N–H and O–H groups in total. The van der Waals surface area contributed by atoms with Gasteiger partial charge in [0.15, 0.2) is 0 Å². The van der Waals surface area contributed by atoms with Gasteiger partial charge in [-0.15, -0.1) is 0 Å². The van der Waals surface area contributed by atoms with Crippen molar-refractivity contribution >= 4 is 5.97 Å². The van der Waals surface area contributed by atoms with Gasteiger partial charge in [-0.2, -0.15) is 0 Å². The molecule has 0 bridgehead atoms. The molecule has 0 atom stereocenters. The Balaban J connectivity index is 1.75. The number of aromatic amines is 1. The Bertz CT molecular complexity index is 319. The topological polar surface area (TPSA) is 53.1 Å². The van der Waals surface area contributed by atoms with E-state index in [-0.39, 0.29) is 0 Å². The molecule has 0 saturated carbocycles. The van der Waals surface area contributed by atoms with Gasteiger partial charge in [-0.05, 0) is 31.4 Å². The van der Waals surface area contributed by atoms with Crippen molar-refractivity contribution in [3.8, 4) is 0 Å². The van der Waals surface area contributed by atoms with E-state index in [4.69, 9.17) is 5.11 Å². The van der Waals surface area contributed by atoms with E-state index in [0.29, 0.717) is 6.42 Å². The molecule has 0 unspecified atom stereocenters. The Morgan fingerprint density at radius 3 is 2.05 bits per heavy atom. The number of hydrogen-bond acceptors (Lipinski definition) is 1. The monoisotopic (exact) mass is 265 g/mol. The predicted octanol–water partition coefficient (Wildman–Crippen LogP) is 4.54. The van der Waals surface area contributed by atoms with Crippen molar-refractivity contribution in [1.29, 1.82) is 0 Å². The standard InChI is InChI=1S/C16H27NO2/c18-16(19)13-9-7-5-3-1-2-4-6-8-11-15-12-10-14-17-15/h10,12,14,17H,1-9,11,13H2,(H,18,19). The second-order valence-electron chi connectivity index (χ2n) is 5.27. The minimum Gasteiger partial charge on any atom is -0.481 e. The highest BCUT2D eigenvalue weighted by atomic mass is 16.4. The Labute approximate surface area is 116 Å². The van der Waals surface area contributed by atoms with Gasteiger partial charge in [0.2, 0.25) is 0 Å². The molecular formula is C16H27NO2. The van der Waals surface area contributed by atoms with E-state index in [0.717, 1.165) is 12.8 Å². The Morgan fingerprint density at radius 2 is 1.53 bits per heavy atom. The highest BCUT2D eigenvalue weighted by Gasteiger charge is 1.97. The number of carboxylic acid groups (broad SMARTS) is 1. The minimum atomic E-state index is -0.665. The maximum absolute atomic E-state index is 10.3. The zero-order valence-corrected chi connectivity index (χ0v) is 11.9. The van der Waals surface area contributed by atoms with Gasteiger partial charge in [0.05, 0.1) is 0 Å². The second-order valence-corrected chi connectivity index (χ2v) is 5.27. The molecule has 0 aliphatic heterocycles. The lowest BCUT2D eigenvalue weighted by molar-refractivity contribution is -0.137. The molecule has 0 spiro atoms. The van der Waals surface area contributed by atoms with Crippen molar-refractivity contribution in [3.63, 3.8) is 0 Å². The molecule has 0 fully saturated rings. The SMILES string of the molecule is O=C(O)CCCCCCCCCCCc1ccc[nH]1. The molecule has 0 aliphatic carbocycles. The lowest BCUT2D eigenvalue weighted by atomic mass is 10.1. The Morgan fingerprint density at radius 1 is 0.947 bits per heavy atom. The summed E-state index contributed by atoms with van der Waals surface area (Å²) in [5, 5.41) is 8.50. The highest BCUT2D eigenvalue weighted by Crippen LogP contribution is 2.11. The van der Waals surface area contributed by atoms with Gasteiger partial charge in [-0.25, -0.2) is 0 Å². The summed E-state index contributed by atoms with van der Waals surface area (Å²) >= 11 is 0. The number of rotatable bonds is 12. The molecule has 1 rings (SSSR count). The van der Waals surface area contributed by atoms with Gasteiger partial charge in [0.25, 0.3) is 0 Å². The van der Waals surface area contributed by atoms with Crippen molar-refractivity contribution in [2.24, 2.45) is 0 Å². The van der Waals surface area contributed by atoms with E-state index < -0.39 is 5.97 Å². The number of unbranched alkanes of at least 4 members (excludes halogenated alkanes) is 8. The third kappa shape index (κ3) is 9.34. The summed E-state index contributed by atoms with van der Waals surface area (Å²) in [7, 11) is 0. The number of aryl methyl sites for hydroxylation is 1. The Hall–Kier alpha value is -1.25. The van der Waals surface area contributed by atoms with Gasteiger partial charge in [-0.1, -0.05) is 44.9 Å². The molecule has 0 radical (unpaired) electrons. The smallest absolute Gasteiger partial charge is 0.303 e. The molecule has 1 heterocycles. The number of carboxylic acids is 1. The minimum absolute atomic E-state index is 0.332. The summed E-state index contributed by atoms with van der Waals surface area (Å²) in [4.78, 5) is 13.6. The third-order valence-corrected chi connectivity index (χ3v) is 3.50. The van der Waals surface area contributed by atoms with Gasteiger partial charge in [-0.3, -0.25) is 4.79 Å². The maximum atomic E-state index is 10.3. The van der Waals surface area contributed by atoms with Crippen LogP contribution in [0.1, 0.15) is 69.9 Å². The summed E-state index contributed by atoms with van der Waals surface area (Å²) in [5.74, 6) is -0.665. The average Bonchev–Trinajstić information content (AvgIpc) is 2.88. The lowest BCUT2D eigenvalue weighted by Crippen LogP contribution is -1.93. The summed E-state index contributed by atoms with van der Waals surface area (Å²) in [6.45, 7) is 0. The van der Waals surface area contributed by atoms with Crippen LogP contribution in [0.25, 0.3) is 0 Å². The van der Waals surface area contributed by atoms with E-state index >= 15 is 0 Å². The molecule has 1 aromatic rings. The molecule has 3 nitrogen and oxygen atoms in total. The number of aromatic nitrogens is 1. The largest absolute Gasteiger partial charge is 0.481 e. The number of carbonyl (C=O) groups is 1. The fourth-order valence-electron chi connectivity index (χ4n) is 2.35. The van der Waals surface area contributed by atoms with Crippen molar-refractivity contribution < 1.29 is 9.90 Å².